The van der Waals surface area contributed by atoms with Gasteiger partial charge in [0.2, 0.25) is 0 Å². The highest BCUT2D eigenvalue weighted by Gasteiger charge is 2.19. The van der Waals surface area contributed by atoms with Crippen LogP contribution in [0.15, 0.2) is 64.5 Å². The van der Waals surface area contributed by atoms with Crippen LogP contribution in [-0.4, -0.2) is 32.6 Å². The van der Waals surface area contributed by atoms with Gasteiger partial charge in [-0.15, -0.1) is 0 Å². The van der Waals surface area contributed by atoms with Crippen molar-refractivity contribution in [3.63, 3.8) is 0 Å². The maximum atomic E-state index is 12.6. The molecule has 29 heavy (non-hydrogen) atoms. The molecule has 1 heterocycles. The predicted octanol–water partition coefficient (Wildman–Crippen LogP) is 2.51. The Balaban J connectivity index is 1.67. The molecule has 0 radical (unpaired) electrons. The summed E-state index contributed by atoms with van der Waals surface area (Å²) in [5, 5.41) is 4.88. The van der Waals surface area contributed by atoms with Crippen LogP contribution in [0.4, 0.5) is 11.4 Å². The van der Waals surface area contributed by atoms with E-state index in [1.165, 1.54) is 24.3 Å². The third-order valence-corrected chi connectivity index (χ3v) is 5.65. The minimum Gasteiger partial charge on any atom is -0.318 e. The van der Waals surface area contributed by atoms with Gasteiger partial charge >= 0.3 is 11.8 Å². The summed E-state index contributed by atoms with van der Waals surface area (Å²) in [5.41, 5.74) is 0.682. The number of amidine groups is 1. The predicted molar refractivity (Wildman–Crippen MR) is 111 cm³/mol. The summed E-state index contributed by atoms with van der Waals surface area (Å²) in [7, 11) is -3.84. The van der Waals surface area contributed by atoms with Crippen molar-refractivity contribution in [2.45, 2.75) is 30.6 Å². The molecule has 0 aromatic heterocycles. The highest BCUT2D eigenvalue weighted by molar-refractivity contribution is 7.90. The molecule has 0 unspecified atom stereocenters. The number of benzene rings is 2. The molecule has 0 saturated heterocycles. The normalized spacial score (nSPS) is 14.3. The third kappa shape index (κ3) is 5.89. The minimum atomic E-state index is -3.84. The number of hydrogen-bond acceptors (Lipinski definition) is 5. The van der Waals surface area contributed by atoms with Crippen LogP contribution in [0.1, 0.15) is 25.7 Å². The van der Waals surface area contributed by atoms with E-state index in [4.69, 9.17) is 0 Å². The van der Waals surface area contributed by atoms with Crippen LogP contribution in [0, 0.1) is 0 Å². The van der Waals surface area contributed by atoms with Gasteiger partial charge in [-0.1, -0.05) is 30.7 Å². The second-order valence-electron chi connectivity index (χ2n) is 6.55. The molecule has 2 amide bonds. The number of nitrogens with one attached hydrogen (secondary N) is 3. The first-order valence-electron chi connectivity index (χ1n) is 9.28. The Kier molecular flexibility index (Phi) is 6.61. The zero-order chi connectivity index (χ0) is 20.7. The Hall–Kier alpha value is -3.20. The number of para-hydroxylation sites is 1. The summed E-state index contributed by atoms with van der Waals surface area (Å²) in [5.74, 6) is -1.31. The van der Waals surface area contributed by atoms with E-state index in [1.807, 2.05) is 0 Å². The lowest BCUT2D eigenvalue weighted by Crippen LogP contribution is -2.31. The van der Waals surface area contributed by atoms with E-state index in [-0.39, 0.29) is 10.6 Å². The molecular weight excluding hydrogens is 392 g/mol. The van der Waals surface area contributed by atoms with Gasteiger partial charge in [-0.2, -0.15) is 0 Å². The molecular formula is C20H22N4O4S. The summed E-state index contributed by atoms with van der Waals surface area (Å²) in [6.07, 6.45) is 3.42. The first-order valence-corrected chi connectivity index (χ1v) is 10.8. The average Bonchev–Trinajstić information content (AvgIpc) is 2.97. The van der Waals surface area contributed by atoms with Crippen molar-refractivity contribution in [2.24, 2.45) is 4.99 Å². The van der Waals surface area contributed by atoms with Crippen molar-refractivity contribution < 1.29 is 18.0 Å². The Morgan fingerprint density at radius 2 is 1.52 bits per heavy atom. The number of hydrogen-bond donors (Lipinski definition) is 3. The number of aliphatic imine (C=N–C) groups is 1. The number of carbonyl (C=O) groups excluding carboxylic acids is 2. The van der Waals surface area contributed by atoms with Crippen LogP contribution in [-0.2, 0) is 19.6 Å². The molecule has 2 aromatic carbocycles. The number of nitrogens with zero attached hydrogens (tertiary/aromatic N) is 1. The van der Waals surface area contributed by atoms with E-state index in [0.29, 0.717) is 24.5 Å². The number of rotatable bonds is 4. The summed E-state index contributed by atoms with van der Waals surface area (Å²) < 4.78 is 27.8. The van der Waals surface area contributed by atoms with E-state index in [2.05, 4.69) is 20.3 Å². The molecule has 0 saturated carbocycles. The summed E-state index contributed by atoms with van der Waals surface area (Å²) >= 11 is 0. The molecule has 0 spiro atoms. The van der Waals surface area contributed by atoms with Crippen molar-refractivity contribution in [2.75, 3.05) is 17.2 Å². The highest BCUT2D eigenvalue weighted by atomic mass is 32.2. The van der Waals surface area contributed by atoms with Gasteiger partial charge in [0.1, 0.15) is 5.84 Å². The topological polar surface area (TPSA) is 117 Å². The van der Waals surface area contributed by atoms with Gasteiger partial charge in [-0.05, 0) is 43.2 Å². The maximum Gasteiger partial charge on any atom is 0.314 e. The van der Waals surface area contributed by atoms with Crippen molar-refractivity contribution >= 4 is 39.0 Å². The third-order valence-electron chi connectivity index (χ3n) is 4.27. The van der Waals surface area contributed by atoms with Crippen molar-refractivity contribution in [3.05, 3.63) is 54.6 Å². The van der Waals surface area contributed by atoms with Gasteiger partial charge in [0.15, 0.2) is 0 Å². The quantitative estimate of drug-likeness (QED) is 0.667. The van der Waals surface area contributed by atoms with E-state index in [9.17, 15) is 18.0 Å². The second kappa shape index (κ2) is 9.33. The Morgan fingerprint density at radius 1 is 0.828 bits per heavy atom. The molecule has 1 aliphatic rings. The van der Waals surface area contributed by atoms with Gasteiger partial charge in [0.05, 0.1) is 4.90 Å². The molecule has 3 N–H and O–H groups in total. The Labute approximate surface area is 169 Å². The van der Waals surface area contributed by atoms with Gasteiger partial charge in [-0.25, -0.2) is 8.42 Å². The van der Waals surface area contributed by atoms with Gasteiger partial charge in [0, 0.05) is 24.3 Å². The lowest BCUT2D eigenvalue weighted by atomic mass is 10.2. The Bertz CT molecular complexity index is 1020. The van der Waals surface area contributed by atoms with Crippen LogP contribution in [0.2, 0.25) is 0 Å². The van der Waals surface area contributed by atoms with Crippen molar-refractivity contribution in [1.29, 1.82) is 0 Å². The van der Waals surface area contributed by atoms with Gasteiger partial charge in [-0.3, -0.25) is 19.3 Å². The van der Waals surface area contributed by atoms with Crippen LogP contribution in [0.5, 0.6) is 0 Å². The number of carbonyl (C=O) groups is 2. The second-order valence-corrected chi connectivity index (χ2v) is 8.23. The standard InChI is InChI=1S/C20H22N4O4S/c25-19(22-15-8-3-1-4-9-15)20(26)23-16-10-7-11-17(14-16)29(27,28)24-18-12-5-2-6-13-21-18/h1,3-4,7-11,14H,2,5-6,12-13H2,(H,21,24)(H,22,25)(H,23,26). The van der Waals surface area contributed by atoms with Crippen molar-refractivity contribution in [1.82, 2.24) is 4.72 Å². The minimum absolute atomic E-state index is 0.0225. The first-order chi connectivity index (χ1) is 13.9. The molecule has 0 atom stereocenters. The molecule has 1 aliphatic heterocycles. The molecule has 0 fully saturated rings. The largest absolute Gasteiger partial charge is 0.318 e. The van der Waals surface area contributed by atoms with Gasteiger partial charge in [0.25, 0.3) is 10.0 Å². The van der Waals surface area contributed by atoms with E-state index < -0.39 is 21.8 Å². The van der Waals surface area contributed by atoms with E-state index >= 15 is 0 Å². The smallest absolute Gasteiger partial charge is 0.314 e. The number of amides is 2. The first kappa shape index (κ1) is 20.5. The molecule has 2 aromatic rings. The molecule has 3 rings (SSSR count). The van der Waals surface area contributed by atoms with Crippen LogP contribution in [0.25, 0.3) is 0 Å². The zero-order valence-electron chi connectivity index (χ0n) is 15.7. The summed E-state index contributed by atoms with van der Waals surface area (Å²) in [6, 6.07) is 14.3. The monoisotopic (exact) mass is 414 g/mol. The summed E-state index contributed by atoms with van der Waals surface area (Å²) in [6.45, 7) is 0.602. The fourth-order valence-electron chi connectivity index (χ4n) is 2.81. The maximum absolute atomic E-state index is 12.6. The molecule has 0 bridgehead atoms. The zero-order valence-corrected chi connectivity index (χ0v) is 16.5. The van der Waals surface area contributed by atoms with Crippen LogP contribution in [0.3, 0.4) is 0 Å². The molecule has 152 valence electrons. The lowest BCUT2D eigenvalue weighted by Gasteiger charge is -2.11. The lowest BCUT2D eigenvalue weighted by molar-refractivity contribution is -0.133. The Morgan fingerprint density at radius 3 is 2.28 bits per heavy atom. The molecule has 8 nitrogen and oxygen atoms in total. The highest BCUT2D eigenvalue weighted by Crippen LogP contribution is 2.17. The van der Waals surface area contributed by atoms with E-state index in [0.717, 1.165) is 19.3 Å². The SMILES string of the molecule is O=C(Nc1ccccc1)C(=O)Nc1cccc(S(=O)(=O)NC2=NCCCCC2)c1. The number of anilines is 2. The van der Waals surface area contributed by atoms with E-state index in [1.54, 1.807) is 30.3 Å². The fraction of sp³-hybridized carbons (Fsp3) is 0.250. The molecule has 0 aliphatic carbocycles. The summed E-state index contributed by atoms with van der Waals surface area (Å²) in [4.78, 5) is 28.4. The van der Waals surface area contributed by atoms with Crippen LogP contribution >= 0.6 is 0 Å². The average molecular weight is 414 g/mol. The van der Waals surface area contributed by atoms with Gasteiger partial charge < -0.3 is 10.6 Å². The molecule has 9 heteroatoms. The number of sulfonamides is 1. The van der Waals surface area contributed by atoms with Crippen LogP contribution < -0.4 is 15.4 Å². The fourth-order valence-corrected chi connectivity index (χ4v) is 3.94. The van der Waals surface area contributed by atoms with Crippen molar-refractivity contribution in [3.8, 4) is 0 Å².